The second kappa shape index (κ2) is 6.97. The van der Waals surface area contributed by atoms with E-state index in [-0.39, 0.29) is 18.1 Å². The van der Waals surface area contributed by atoms with E-state index in [1.54, 1.807) is 17.0 Å². The summed E-state index contributed by atoms with van der Waals surface area (Å²) < 4.78 is 0. The number of hydrogen-bond donors (Lipinski definition) is 0. The Kier molecular flexibility index (Phi) is 4.64. The maximum atomic E-state index is 12.9. The van der Waals surface area contributed by atoms with E-state index in [4.69, 9.17) is 11.6 Å². The fraction of sp³-hybridized carbons (Fsp3) is 0.381. The summed E-state index contributed by atoms with van der Waals surface area (Å²) in [6.07, 6.45) is 3.46. The number of nitrogens with zero attached hydrogens (tertiary/aromatic N) is 1. The molecule has 0 bridgehead atoms. The van der Waals surface area contributed by atoms with Gasteiger partial charge in [-0.2, -0.15) is 0 Å². The highest BCUT2D eigenvalue weighted by atomic mass is 35.5. The van der Waals surface area contributed by atoms with Gasteiger partial charge in [-0.15, -0.1) is 0 Å². The fourth-order valence-corrected chi connectivity index (χ4v) is 4.65. The highest BCUT2D eigenvalue weighted by molar-refractivity contribution is 6.30. The summed E-state index contributed by atoms with van der Waals surface area (Å²) in [6.45, 7) is -0.328. The number of rotatable bonds is 3. The molecule has 1 aromatic carbocycles. The molecule has 0 spiro atoms. The van der Waals surface area contributed by atoms with Crippen LogP contribution in [-0.4, -0.2) is 29.0 Å². The molecule has 0 aromatic heterocycles. The Morgan fingerprint density at radius 1 is 0.963 bits per heavy atom. The second-order valence-corrected chi connectivity index (χ2v) is 7.65. The monoisotopic (exact) mass is 384 g/mol. The number of aliphatic carboxylic acids is 1. The molecule has 0 amide bonds. The van der Waals surface area contributed by atoms with Crippen LogP contribution in [0.25, 0.3) is 0 Å². The van der Waals surface area contributed by atoms with Crippen LogP contribution in [0.4, 0.5) is 0 Å². The number of carboxylic acids is 1. The van der Waals surface area contributed by atoms with E-state index >= 15 is 0 Å². The quantitative estimate of drug-likeness (QED) is 0.800. The van der Waals surface area contributed by atoms with Crippen molar-refractivity contribution in [2.45, 2.75) is 44.4 Å². The molecule has 4 rings (SSSR count). The number of ketones is 2. The fourth-order valence-electron chi connectivity index (χ4n) is 4.53. The standard InChI is InChI=1S/C21H20ClNO4/c22-13-9-7-12(8-10-13)19-20-14(3-1-5-16(20)24)23(11-18(26)27)15-4-2-6-17(25)21(15)19/h7-10,19H,1-6,11H2,(H,26,27)/p-1. The normalized spacial score (nSPS) is 20.7. The van der Waals surface area contributed by atoms with Crippen molar-refractivity contribution in [3.63, 3.8) is 0 Å². The van der Waals surface area contributed by atoms with Gasteiger partial charge in [0.05, 0.1) is 12.5 Å². The Morgan fingerprint density at radius 2 is 1.48 bits per heavy atom. The molecule has 0 N–H and O–H groups in total. The molecule has 2 aliphatic carbocycles. The van der Waals surface area contributed by atoms with E-state index < -0.39 is 11.9 Å². The molecule has 6 heteroatoms. The number of Topliss-reactive ketones (excluding diaryl/α,β-unsaturated/α-hetero) is 2. The summed E-state index contributed by atoms with van der Waals surface area (Å²) in [7, 11) is 0. The van der Waals surface area contributed by atoms with Gasteiger partial charge in [-0.25, -0.2) is 0 Å². The van der Waals surface area contributed by atoms with Crippen molar-refractivity contribution in [1.82, 2.24) is 4.90 Å². The summed E-state index contributed by atoms with van der Waals surface area (Å²) in [5, 5.41) is 12.0. The minimum absolute atomic E-state index is 0.00975. The zero-order chi connectivity index (χ0) is 19.1. The summed E-state index contributed by atoms with van der Waals surface area (Å²) in [5.41, 5.74) is 3.46. The minimum Gasteiger partial charge on any atom is -0.548 e. The van der Waals surface area contributed by atoms with Gasteiger partial charge >= 0.3 is 0 Å². The molecule has 0 radical (unpaired) electrons. The summed E-state index contributed by atoms with van der Waals surface area (Å²) >= 11 is 6.02. The zero-order valence-corrected chi connectivity index (χ0v) is 15.6. The van der Waals surface area contributed by atoms with Gasteiger partial charge in [0.25, 0.3) is 0 Å². The molecule has 0 saturated carbocycles. The zero-order valence-electron chi connectivity index (χ0n) is 14.8. The Hall–Kier alpha value is -2.40. The van der Waals surface area contributed by atoms with Crippen LogP contribution in [0.1, 0.15) is 50.0 Å². The Bertz CT molecular complexity index is 853. The van der Waals surface area contributed by atoms with E-state index in [9.17, 15) is 19.5 Å². The lowest BCUT2D eigenvalue weighted by atomic mass is 9.71. The van der Waals surface area contributed by atoms with Crippen molar-refractivity contribution in [2.75, 3.05) is 6.54 Å². The van der Waals surface area contributed by atoms with Crippen LogP contribution in [0.15, 0.2) is 46.8 Å². The third-order valence-electron chi connectivity index (χ3n) is 5.58. The van der Waals surface area contributed by atoms with E-state index in [2.05, 4.69) is 0 Å². The van der Waals surface area contributed by atoms with E-state index in [1.807, 2.05) is 12.1 Å². The number of allylic oxidation sites excluding steroid dienone is 4. The first kappa shape index (κ1) is 18.0. The highest BCUT2D eigenvalue weighted by Crippen LogP contribution is 2.48. The minimum atomic E-state index is -1.21. The predicted octanol–water partition coefficient (Wildman–Crippen LogP) is 2.50. The average molecular weight is 385 g/mol. The molecular weight excluding hydrogens is 366 g/mol. The number of benzene rings is 1. The second-order valence-electron chi connectivity index (χ2n) is 7.22. The predicted molar refractivity (Wildman–Crippen MR) is 97.7 cm³/mol. The highest BCUT2D eigenvalue weighted by Gasteiger charge is 2.43. The summed E-state index contributed by atoms with van der Waals surface area (Å²) in [5.74, 6) is -1.67. The van der Waals surface area contributed by atoms with Gasteiger partial charge in [0, 0.05) is 46.3 Å². The molecule has 0 unspecified atom stereocenters. The molecule has 0 atom stereocenters. The SMILES string of the molecule is O=C([O-])CN1C2=C(C(=O)CCC2)C(c2ccc(Cl)cc2)C2=C1CCCC2=O. The molecule has 0 fully saturated rings. The van der Waals surface area contributed by atoms with Gasteiger partial charge in [0.1, 0.15) is 0 Å². The van der Waals surface area contributed by atoms with Crippen LogP contribution in [0.3, 0.4) is 0 Å². The lowest BCUT2D eigenvalue weighted by molar-refractivity contribution is -0.305. The Balaban J connectivity index is 1.95. The van der Waals surface area contributed by atoms with Crippen molar-refractivity contribution >= 4 is 29.1 Å². The molecule has 3 aliphatic rings. The van der Waals surface area contributed by atoms with Gasteiger partial charge in [-0.05, 0) is 43.4 Å². The van der Waals surface area contributed by atoms with E-state index in [1.165, 1.54) is 0 Å². The van der Waals surface area contributed by atoms with Crippen LogP contribution in [-0.2, 0) is 14.4 Å². The summed E-state index contributed by atoms with van der Waals surface area (Å²) in [4.78, 5) is 38.8. The van der Waals surface area contributed by atoms with Crippen molar-refractivity contribution in [1.29, 1.82) is 0 Å². The largest absolute Gasteiger partial charge is 0.548 e. The first-order chi connectivity index (χ1) is 13.0. The van der Waals surface area contributed by atoms with Crippen LogP contribution in [0, 0.1) is 0 Å². The topological polar surface area (TPSA) is 77.5 Å². The molecule has 5 nitrogen and oxygen atoms in total. The van der Waals surface area contributed by atoms with Crippen molar-refractivity contribution in [3.05, 3.63) is 57.4 Å². The van der Waals surface area contributed by atoms with Gasteiger partial charge < -0.3 is 14.8 Å². The number of carbonyl (C=O) groups excluding carboxylic acids is 3. The molecule has 0 saturated heterocycles. The maximum Gasteiger partial charge on any atom is 0.161 e. The molecule has 140 valence electrons. The third kappa shape index (κ3) is 3.10. The summed E-state index contributed by atoms with van der Waals surface area (Å²) in [6, 6.07) is 7.21. The van der Waals surface area contributed by atoms with Crippen molar-refractivity contribution in [2.24, 2.45) is 0 Å². The first-order valence-corrected chi connectivity index (χ1v) is 9.60. The van der Waals surface area contributed by atoms with Gasteiger partial charge in [0.15, 0.2) is 11.6 Å². The van der Waals surface area contributed by atoms with Gasteiger partial charge in [-0.3, -0.25) is 9.59 Å². The molecular formula is C21H19ClNO4-. The van der Waals surface area contributed by atoms with Crippen LogP contribution >= 0.6 is 11.6 Å². The Labute approximate surface area is 162 Å². The number of hydrogen-bond acceptors (Lipinski definition) is 5. The molecule has 27 heavy (non-hydrogen) atoms. The van der Waals surface area contributed by atoms with Gasteiger partial charge in [0.2, 0.25) is 0 Å². The van der Waals surface area contributed by atoms with Crippen molar-refractivity contribution in [3.8, 4) is 0 Å². The maximum absolute atomic E-state index is 12.9. The molecule has 1 aliphatic heterocycles. The smallest absolute Gasteiger partial charge is 0.161 e. The number of carbonyl (C=O) groups is 3. The van der Waals surface area contributed by atoms with E-state index in [0.29, 0.717) is 54.7 Å². The lowest BCUT2D eigenvalue weighted by Crippen LogP contribution is -2.44. The Morgan fingerprint density at radius 3 is 1.96 bits per heavy atom. The van der Waals surface area contributed by atoms with Gasteiger partial charge in [-0.1, -0.05) is 23.7 Å². The van der Waals surface area contributed by atoms with Crippen LogP contribution < -0.4 is 5.11 Å². The van der Waals surface area contributed by atoms with Crippen LogP contribution in [0.5, 0.6) is 0 Å². The first-order valence-electron chi connectivity index (χ1n) is 9.22. The number of carboxylic acid groups (broad SMARTS) is 1. The van der Waals surface area contributed by atoms with Crippen molar-refractivity contribution < 1.29 is 19.5 Å². The van der Waals surface area contributed by atoms with E-state index in [0.717, 1.165) is 17.0 Å². The molecule has 1 aromatic rings. The third-order valence-corrected chi connectivity index (χ3v) is 5.83. The molecule has 1 heterocycles. The average Bonchev–Trinajstić information content (AvgIpc) is 2.63. The lowest BCUT2D eigenvalue weighted by Gasteiger charge is -2.44. The number of halogens is 1. The van der Waals surface area contributed by atoms with Crippen LogP contribution in [0.2, 0.25) is 5.02 Å².